The van der Waals surface area contributed by atoms with Gasteiger partial charge >= 0.3 is 5.91 Å². The Labute approximate surface area is 193 Å². The summed E-state index contributed by atoms with van der Waals surface area (Å²) in [5, 5.41) is 0.756. The van der Waals surface area contributed by atoms with E-state index < -0.39 is 23.7 Å². The van der Waals surface area contributed by atoms with Gasteiger partial charge in [0, 0.05) is 13.7 Å². The van der Waals surface area contributed by atoms with Crippen LogP contribution in [-0.4, -0.2) is 48.8 Å². The zero-order chi connectivity index (χ0) is 24.0. The number of ether oxygens (including phenoxy) is 2. The van der Waals surface area contributed by atoms with Crippen LogP contribution in [-0.2, 0) is 25.7 Å². The molecule has 1 aliphatic rings. The van der Waals surface area contributed by atoms with Crippen molar-refractivity contribution < 1.29 is 28.3 Å². The predicted octanol–water partition coefficient (Wildman–Crippen LogP) is 4.00. The van der Waals surface area contributed by atoms with Crippen LogP contribution in [0.5, 0.6) is 5.75 Å². The molecule has 0 bridgehead atoms. The highest BCUT2D eigenvalue weighted by atomic mass is 19.1. The first-order chi connectivity index (χ1) is 15.8. The normalized spacial score (nSPS) is 17.9. The highest BCUT2D eigenvalue weighted by Crippen LogP contribution is 2.30. The third-order valence-electron chi connectivity index (χ3n) is 5.23. The van der Waals surface area contributed by atoms with Crippen molar-refractivity contribution in [3.63, 3.8) is 0 Å². The minimum absolute atomic E-state index is 0.171. The van der Waals surface area contributed by atoms with E-state index in [1.165, 1.54) is 19.2 Å². The molecule has 8 heteroatoms. The molecule has 1 aliphatic heterocycles. The van der Waals surface area contributed by atoms with Crippen molar-refractivity contribution in [2.45, 2.75) is 32.9 Å². The summed E-state index contributed by atoms with van der Waals surface area (Å²) in [5.74, 6) is -0.634. The fourth-order valence-corrected chi connectivity index (χ4v) is 3.69. The summed E-state index contributed by atoms with van der Waals surface area (Å²) in [6.45, 7) is 4.06. The number of nitrogens with zero attached hydrogens (tertiary/aromatic N) is 2. The molecule has 1 saturated heterocycles. The first kappa shape index (κ1) is 24.4. The number of amides is 2. The van der Waals surface area contributed by atoms with Gasteiger partial charge in [-0.3, -0.25) is 9.59 Å². The number of imide groups is 1. The predicted molar refractivity (Wildman–Crippen MR) is 121 cm³/mol. The minimum Gasteiger partial charge on any atom is -0.497 e. The van der Waals surface area contributed by atoms with Gasteiger partial charge in [-0.05, 0) is 53.8 Å². The van der Waals surface area contributed by atoms with Gasteiger partial charge in [0.1, 0.15) is 23.3 Å². The van der Waals surface area contributed by atoms with Crippen molar-refractivity contribution >= 4 is 17.9 Å². The highest BCUT2D eigenvalue weighted by molar-refractivity contribution is 6.09. The Morgan fingerprint density at radius 3 is 2.42 bits per heavy atom. The molecule has 1 unspecified atom stereocenters. The van der Waals surface area contributed by atoms with Crippen molar-refractivity contribution in [3.8, 4) is 5.75 Å². The second-order valence-electron chi connectivity index (χ2n) is 8.18. The average molecular weight is 457 g/mol. The molecular weight excluding hydrogens is 427 g/mol. The number of piperazine rings is 1. The number of hydroxylamine groups is 2. The fourth-order valence-electron chi connectivity index (χ4n) is 3.69. The van der Waals surface area contributed by atoms with Crippen molar-refractivity contribution in [2.24, 2.45) is 5.92 Å². The molecule has 0 spiro atoms. The van der Waals surface area contributed by atoms with E-state index in [0.29, 0.717) is 24.3 Å². The van der Waals surface area contributed by atoms with Gasteiger partial charge in [-0.15, -0.1) is 5.06 Å². The van der Waals surface area contributed by atoms with E-state index in [9.17, 15) is 14.0 Å². The van der Waals surface area contributed by atoms with Crippen LogP contribution >= 0.6 is 0 Å². The summed E-state index contributed by atoms with van der Waals surface area (Å²) in [6.07, 6.45) is 2.08. The standard InChI is InChI=1S/C25H29FN2O5/c1-17(2)12-22-24(29)28(33-16-31-3)25(30)23(14-19-6-5-7-20(26)13-19)27(22)15-18-8-10-21(32-4)11-9-18/h5-11,13-14,17,22H,12,15-16H2,1-4H3/b23-14+. The summed E-state index contributed by atoms with van der Waals surface area (Å²) in [5.41, 5.74) is 1.63. The molecule has 33 heavy (non-hydrogen) atoms. The first-order valence-corrected chi connectivity index (χ1v) is 10.7. The minimum atomic E-state index is -0.651. The Morgan fingerprint density at radius 2 is 1.82 bits per heavy atom. The molecule has 1 fully saturated rings. The van der Waals surface area contributed by atoms with Crippen LogP contribution < -0.4 is 4.74 Å². The molecule has 3 rings (SSSR count). The summed E-state index contributed by atoms with van der Waals surface area (Å²) in [4.78, 5) is 33.8. The molecule has 0 N–H and O–H groups in total. The second kappa shape index (κ2) is 11.1. The molecule has 176 valence electrons. The van der Waals surface area contributed by atoms with Crippen LogP contribution in [0.2, 0.25) is 0 Å². The summed E-state index contributed by atoms with van der Waals surface area (Å²) in [7, 11) is 2.99. The van der Waals surface area contributed by atoms with Gasteiger partial charge in [-0.1, -0.05) is 38.1 Å². The molecule has 2 aromatic rings. The molecule has 0 saturated carbocycles. The summed E-state index contributed by atoms with van der Waals surface area (Å²) >= 11 is 0. The van der Waals surface area contributed by atoms with Gasteiger partial charge in [-0.2, -0.15) is 0 Å². The fraction of sp³-hybridized carbons (Fsp3) is 0.360. The van der Waals surface area contributed by atoms with Crippen LogP contribution in [0, 0.1) is 11.7 Å². The van der Waals surface area contributed by atoms with Crippen LogP contribution in [0.3, 0.4) is 0 Å². The van der Waals surface area contributed by atoms with Crippen molar-refractivity contribution in [1.29, 1.82) is 0 Å². The SMILES string of the molecule is COCON1C(=O)/C(=C\c2cccc(F)c2)N(Cc2ccc(OC)cc2)C(CC(C)C)C1=O. The highest BCUT2D eigenvalue weighted by Gasteiger charge is 2.44. The van der Waals surface area contributed by atoms with Crippen molar-refractivity contribution in [3.05, 3.63) is 71.2 Å². The Bertz CT molecular complexity index is 1010. The molecule has 0 aromatic heterocycles. The maximum atomic E-state index is 13.8. The number of hydrogen-bond donors (Lipinski definition) is 0. The van der Waals surface area contributed by atoms with Crippen LogP contribution in [0.1, 0.15) is 31.4 Å². The average Bonchev–Trinajstić information content (AvgIpc) is 2.79. The molecule has 0 aliphatic carbocycles. The lowest BCUT2D eigenvalue weighted by Crippen LogP contribution is -2.58. The Morgan fingerprint density at radius 1 is 1.09 bits per heavy atom. The maximum Gasteiger partial charge on any atom is 0.301 e. The monoisotopic (exact) mass is 456 g/mol. The Balaban J connectivity index is 2.07. The number of benzene rings is 2. The van der Waals surface area contributed by atoms with Gasteiger partial charge in [0.05, 0.1) is 7.11 Å². The van der Waals surface area contributed by atoms with Crippen LogP contribution in [0.15, 0.2) is 54.2 Å². The summed E-state index contributed by atoms with van der Waals surface area (Å²) in [6, 6.07) is 12.7. The quantitative estimate of drug-likeness (QED) is 0.323. The Hall–Kier alpha value is -3.23. The number of methoxy groups -OCH3 is 2. The van der Waals surface area contributed by atoms with Crippen molar-refractivity contribution in [1.82, 2.24) is 9.96 Å². The number of hydrogen-bond acceptors (Lipinski definition) is 6. The van der Waals surface area contributed by atoms with Gasteiger partial charge < -0.3 is 14.4 Å². The number of carbonyl (C=O) groups is 2. The lowest BCUT2D eigenvalue weighted by Gasteiger charge is -2.41. The molecule has 1 atom stereocenters. The number of rotatable bonds is 9. The topological polar surface area (TPSA) is 68.3 Å². The number of carbonyl (C=O) groups excluding carboxylic acids is 2. The molecular formula is C25H29FN2O5. The van der Waals surface area contributed by atoms with E-state index in [1.807, 2.05) is 38.1 Å². The smallest absolute Gasteiger partial charge is 0.301 e. The van der Waals surface area contributed by atoms with E-state index in [0.717, 1.165) is 10.6 Å². The maximum absolute atomic E-state index is 13.8. The Kier molecular flexibility index (Phi) is 8.19. The third kappa shape index (κ3) is 5.97. The second-order valence-corrected chi connectivity index (χ2v) is 8.18. The first-order valence-electron chi connectivity index (χ1n) is 10.7. The zero-order valence-corrected chi connectivity index (χ0v) is 19.3. The summed E-state index contributed by atoms with van der Waals surface area (Å²) < 4.78 is 24.0. The van der Waals surface area contributed by atoms with E-state index in [-0.39, 0.29) is 18.4 Å². The largest absolute Gasteiger partial charge is 0.497 e. The molecule has 2 amide bonds. The van der Waals surface area contributed by atoms with Crippen LogP contribution in [0.4, 0.5) is 4.39 Å². The molecule has 1 heterocycles. The van der Waals surface area contributed by atoms with Gasteiger partial charge in [0.2, 0.25) is 0 Å². The van der Waals surface area contributed by atoms with Gasteiger partial charge in [0.25, 0.3) is 5.91 Å². The third-order valence-corrected chi connectivity index (χ3v) is 5.23. The van der Waals surface area contributed by atoms with E-state index >= 15 is 0 Å². The van der Waals surface area contributed by atoms with E-state index in [2.05, 4.69) is 0 Å². The van der Waals surface area contributed by atoms with E-state index in [4.69, 9.17) is 14.3 Å². The van der Waals surface area contributed by atoms with Crippen molar-refractivity contribution in [2.75, 3.05) is 21.0 Å². The van der Waals surface area contributed by atoms with Gasteiger partial charge in [0.15, 0.2) is 6.79 Å². The van der Waals surface area contributed by atoms with Gasteiger partial charge in [-0.25, -0.2) is 9.23 Å². The lowest BCUT2D eigenvalue weighted by atomic mass is 9.97. The molecule has 7 nitrogen and oxygen atoms in total. The molecule has 2 aromatic carbocycles. The van der Waals surface area contributed by atoms with Crippen LogP contribution in [0.25, 0.3) is 6.08 Å². The molecule has 0 radical (unpaired) electrons. The number of halogens is 1. The zero-order valence-electron chi connectivity index (χ0n) is 19.3. The lowest BCUT2D eigenvalue weighted by molar-refractivity contribution is -0.226. The van der Waals surface area contributed by atoms with E-state index in [1.54, 1.807) is 30.2 Å².